The van der Waals surface area contributed by atoms with Crippen LogP contribution in [0.4, 0.5) is 0 Å². The van der Waals surface area contributed by atoms with Gasteiger partial charge in [0.05, 0.1) is 7.11 Å². The molecule has 0 aliphatic carbocycles. The Bertz CT molecular complexity index is 939. The van der Waals surface area contributed by atoms with Crippen molar-refractivity contribution < 1.29 is 19.2 Å². The van der Waals surface area contributed by atoms with Gasteiger partial charge in [0.1, 0.15) is 6.61 Å². The van der Waals surface area contributed by atoms with Crippen LogP contribution in [0.2, 0.25) is 0 Å². The van der Waals surface area contributed by atoms with Crippen LogP contribution < -0.4 is 10.1 Å². The lowest BCUT2D eigenvalue weighted by atomic mass is 10.0. The highest BCUT2D eigenvalue weighted by atomic mass is 16.5. The number of hydrogen-bond donors (Lipinski definition) is 2. The fraction of sp³-hybridized carbons (Fsp3) is 0.263. The molecule has 3 rings (SSSR count). The predicted molar refractivity (Wildman–Crippen MR) is 97.2 cm³/mol. The van der Waals surface area contributed by atoms with E-state index in [9.17, 15) is 4.79 Å². The minimum absolute atomic E-state index is 0.160. The van der Waals surface area contributed by atoms with Crippen LogP contribution in [0.1, 0.15) is 27.6 Å². The number of carbonyl (C=O) groups excluding carboxylic acids is 1. The van der Waals surface area contributed by atoms with E-state index in [4.69, 9.17) is 14.4 Å². The maximum absolute atomic E-state index is 12.4. The van der Waals surface area contributed by atoms with Crippen molar-refractivity contribution >= 4 is 5.91 Å². The van der Waals surface area contributed by atoms with Crippen molar-refractivity contribution in [3.8, 4) is 17.0 Å². The summed E-state index contributed by atoms with van der Waals surface area (Å²) in [5, 5.41) is 15.5. The minimum atomic E-state index is -0.300. The highest BCUT2D eigenvalue weighted by molar-refractivity contribution is 5.95. The van der Waals surface area contributed by atoms with E-state index in [-0.39, 0.29) is 18.4 Å². The fourth-order valence-corrected chi connectivity index (χ4v) is 2.62. The lowest BCUT2D eigenvalue weighted by Gasteiger charge is -2.09. The molecule has 140 valence electrons. The van der Waals surface area contributed by atoms with Gasteiger partial charge in [0, 0.05) is 36.4 Å². The van der Waals surface area contributed by atoms with Crippen molar-refractivity contribution in [1.29, 1.82) is 0 Å². The quantitative estimate of drug-likeness (QED) is 0.655. The molecular weight excluding hydrogens is 348 g/mol. The van der Waals surface area contributed by atoms with Gasteiger partial charge in [-0.15, -0.1) is 0 Å². The Morgan fingerprint density at radius 3 is 2.89 bits per heavy atom. The number of rotatable bonds is 7. The molecule has 8 nitrogen and oxygen atoms in total. The van der Waals surface area contributed by atoms with Crippen LogP contribution in [-0.4, -0.2) is 39.8 Å². The molecule has 1 amide bonds. The summed E-state index contributed by atoms with van der Waals surface area (Å²) in [6.07, 6.45) is 2.15. The molecule has 0 aliphatic rings. The maximum atomic E-state index is 12.4. The molecule has 0 radical (unpaired) electrons. The smallest absolute Gasteiger partial charge is 0.252 e. The van der Waals surface area contributed by atoms with E-state index in [1.165, 1.54) is 0 Å². The average molecular weight is 368 g/mol. The van der Waals surface area contributed by atoms with Crippen molar-refractivity contribution in [2.45, 2.75) is 20.0 Å². The largest absolute Gasteiger partial charge is 0.481 e. The second-order valence-corrected chi connectivity index (χ2v) is 5.89. The van der Waals surface area contributed by atoms with E-state index in [1.54, 1.807) is 19.4 Å². The number of nitrogens with zero attached hydrogens (tertiary/aromatic N) is 3. The number of methoxy groups -OCH3 is 1. The zero-order valence-corrected chi connectivity index (χ0v) is 15.1. The number of amides is 1. The van der Waals surface area contributed by atoms with Gasteiger partial charge < -0.3 is 19.7 Å². The van der Waals surface area contributed by atoms with E-state index < -0.39 is 0 Å². The Morgan fingerprint density at radius 1 is 1.33 bits per heavy atom. The van der Waals surface area contributed by atoms with E-state index >= 15 is 0 Å². The summed E-state index contributed by atoms with van der Waals surface area (Å²) in [4.78, 5) is 20.6. The zero-order valence-electron chi connectivity index (χ0n) is 15.1. The standard InChI is InChI=1S/C19H20N4O4/c1-12-8-17(26-2)21-10-15(12)13-4-3-5-14(9-13)19(25)20-7-6-16-22-18(11-24)27-23-16/h3-5,8-10,24H,6-7,11H2,1-2H3,(H,20,25). The molecule has 0 fully saturated rings. The first-order valence-electron chi connectivity index (χ1n) is 8.42. The molecule has 0 saturated carbocycles. The van der Waals surface area contributed by atoms with E-state index in [0.717, 1.165) is 16.7 Å². The summed E-state index contributed by atoms with van der Waals surface area (Å²) in [6, 6.07) is 9.20. The lowest BCUT2D eigenvalue weighted by Crippen LogP contribution is -2.26. The van der Waals surface area contributed by atoms with Gasteiger partial charge in [-0.2, -0.15) is 4.98 Å². The first kappa shape index (κ1) is 18.5. The van der Waals surface area contributed by atoms with Gasteiger partial charge in [0.2, 0.25) is 5.88 Å². The number of benzene rings is 1. The maximum Gasteiger partial charge on any atom is 0.252 e. The Hall–Kier alpha value is -3.26. The number of aliphatic hydroxyl groups is 1. The van der Waals surface area contributed by atoms with E-state index in [2.05, 4.69) is 20.4 Å². The van der Waals surface area contributed by atoms with Crippen LogP contribution in [-0.2, 0) is 13.0 Å². The van der Waals surface area contributed by atoms with Crippen LogP contribution in [0.5, 0.6) is 5.88 Å². The number of ether oxygens (including phenoxy) is 1. The van der Waals surface area contributed by atoms with Crippen molar-refractivity contribution in [3.05, 3.63) is 59.4 Å². The molecule has 0 bridgehead atoms. The molecule has 27 heavy (non-hydrogen) atoms. The topological polar surface area (TPSA) is 110 Å². The number of pyridine rings is 1. The summed E-state index contributed by atoms with van der Waals surface area (Å²) in [5.41, 5.74) is 3.40. The molecule has 8 heteroatoms. The van der Waals surface area contributed by atoms with Gasteiger partial charge in [-0.05, 0) is 30.2 Å². The Balaban J connectivity index is 1.66. The molecule has 2 aromatic heterocycles. The van der Waals surface area contributed by atoms with E-state index in [0.29, 0.717) is 30.2 Å². The Kier molecular flexibility index (Phi) is 5.77. The molecule has 2 heterocycles. The molecule has 0 saturated heterocycles. The third kappa shape index (κ3) is 4.48. The molecule has 0 unspecified atom stereocenters. The van der Waals surface area contributed by atoms with Gasteiger partial charge >= 0.3 is 0 Å². The van der Waals surface area contributed by atoms with E-state index in [1.807, 2.05) is 31.2 Å². The predicted octanol–water partition coefficient (Wildman–Crippen LogP) is 1.91. The minimum Gasteiger partial charge on any atom is -0.481 e. The molecule has 0 aliphatic heterocycles. The summed E-state index contributed by atoms with van der Waals surface area (Å²) in [7, 11) is 1.57. The monoisotopic (exact) mass is 368 g/mol. The average Bonchev–Trinajstić information content (AvgIpc) is 3.16. The van der Waals surface area contributed by atoms with Crippen LogP contribution >= 0.6 is 0 Å². The van der Waals surface area contributed by atoms with Crippen molar-refractivity contribution in [3.63, 3.8) is 0 Å². The second kappa shape index (κ2) is 8.41. The molecule has 1 aromatic carbocycles. The third-order valence-electron chi connectivity index (χ3n) is 4.01. The second-order valence-electron chi connectivity index (χ2n) is 5.89. The zero-order chi connectivity index (χ0) is 19.2. The van der Waals surface area contributed by atoms with Crippen LogP contribution in [0, 0.1) is 6.92 Å². The van der Waals surface area contributed by atoms with Crippen molar-refractivity contribution in [2.75, 3.05) is 13.7 Å². The molecule has 2 N–H and O–H groups in total. The van der Waals surface area contributed by atoms with Gasteiger partial charge in [-0.25, -0.2) is 4.98 Å². The molecular formula is C19H20N4O4. The number of aliphatic hydroxyl groups excluding tert-OH is 1. The van der Waals surface area contributed by atoms with Gasteiger partial charge in [0.15, 0.2) is 5.82 Å². The van der Waals surface area contributed by atoms with Crippen molar-refractivity contribution in [1.82, 2.24) is 20.4 Å². The Morgan fingerprint density at radius 2 is 2.19 bits per heavy atom. The summed E-state index contributed by atoms with van der Waals surface area (Å²) in [5.74, 6) is 0.957. The summed E-state index contributed by atoms with van der Waals surface area (Å²) >= 11 is 0. The number of carbonyl (C=O) groups is 1. The highest BCUT2D eigenvalue weighted by Gasteiger charge is 2.10. The Labute approximate surface area is 156 Å². The summed E-state index contributed by atoms with van der Waals surface area (Å²) in [6.45, 7) is 2.03. The van der Waals surface area contributed by atoms with Crippen LogP contribution in [0.25, 0.3) is 11.1 Å². The van der Waals surface area contributed by atoms with Crippen LogP contribution in [0.15, 0.2) is 41.1 Å². The third-order valence-corrected chi connectivity index (χ3v) is 4.01. The molecule has 0 atom stereocenters. The summed E-state index contributed by atoms with van der Waals surface area (Å²) < 4.78 is 9.94. The number of nitrogens with one attached hydrogen (secondary N) is 1. The van der Waals surface area contributed by atoms with Crippen molar-refractivity contribution in [2.24, 2.45) is 0 Å². The number of aromatic nitrogens is 3. The molecule has 3 aromatic rings. The number of aryl methyl sites for hydroxylation is 1. The normalized spacial score (nSPS) is 10.6. The number of hydrogen-bond acceptors (Lipinski definition) is 7. The fourth-order valence-electron chi connectivity index (χ4n) is 2.62. The first-order chi connectivity index (χ1) is 13.1. The van der Waals surface area contributed by atoms with Gasteiger partial charge in [0.25, 0.3) is 11.8 Å². The molecule has 0 spiro atoms. The SMILES string of the molecule is COc1cc(C)c(-c2cccc(C(=O)NCCc3noc(CO)n3)c2)cn1. The van der Waals surface area contributed by atoms with Gasteiger partial charge in [-0.1, -0.05) is 17.3 Å². The highest BCUT2D eigenvalue weighted by Crippen LogP contribution is 2.25. The first-order valence-corrected chi connectivity index (χ1v) is 8.42. The van der Waals surface area contributed by atoms with Crippen LogP contribution in [0.3, 0.4) is 0 Å². The lowest BCUT2D eigenvalue weighted by molar-refractivity contribution is 0.0954. The van der Waals surface area contributed by atoms with Gasteiger partial charge in [-0.3, -0.25) is 4.79 Å².